The lowest BCUT2D eigenvalue weighted by atomic mass is 10.2. The van der Waals surface area contributed by atoms with Gasteiger partial charge in [-0.3, -0.25) is 0 Å². The molecular formula is C11H19ClN2O2. The number of rotatable bonds is 6. The van der Waals surface area contributed by atoms with Crippen molar-refractivity contribution in [1.82, 2.24) is 5.32 Å². The van der Waals surface area contributed by atoms with E-state index in [4.69, 9.17) is 15.2 Å². The molecule has 0 atom stereocenters. The normalized spacial score (nSPS) is 9.62. The van der Waals surface area contributed by atoms with Gasteiger partial charge in [-0.15, -0.1) is 12.4 Å². The summed E-state index contributed by atoms with van der Waals surface area (Å²) in [5, 5.41) is 3.24. The van der Waals surface area contributed by atoms with Crippen LogP contribution >= 0.6 is 12.4 Å². The van der Waals surface area contributed by atoms with Gasteiger partial charge in [0, 0.05) is 31.5 Å². The zero-order valence-corrected chi connectivity index (χ0v) is 10.5. The molecule has 0 aromatic heterocycles. The SMILES string of the molecule is COCCNCc1cc(N)ccc1OC.Cl. The fraction of sp³-hybridized carbons (Fsp3) is 0.455. The van der Waals surface area contributed by atoms with Gasteiger partial charge < -0.3 is 20.5 Å². The molecule has 0 aliphatic heterocycles. The van der Waals surface area contributed by atoms with E-state index in [9.17, 15) is 0 Å². The van der Waals surface area contributed by atoms with E-state index >= 15 is 0 Å². The number of halogens is 1. The van der Waals surface area contributed by atoms with Gasteiger partial charge in [-0.1, -0.05) is 0 Å². The molecule has 0 radical (unpaired) electrons. The second-order valence-corrected chi connectivity index (χ2v) is 3.24. The minimum atomic E-state index is 0. The Labute approximate surface area is 103 Å². The third-order valence-corrected chi connectivity index (χ3v) is 2.10. The molecule has 5 heteroatoms. The Morgan fingerprint density at radius 3 is 2.69 bits per heavy atom. The highest BCUT2D eigenvalue weighted by Gasteiger charge is 2.02. The van der Waals surface area contributed by atoms with Crippen molar-refractivity contribution in [3.05, 3.63) is 23.8 Å². The zero-order chi connectivity index (χ0) is 11.1. The minimum Gasteiger partial charge on any atom is -0.496 e. The fourth-order valence-electron chi connectivity index (χ4n) is 1.33. The lowest BCUT2D eigenvalue weighted by Gasteiger charge is -2.10. The first-order valence-corrected chi connectivity index (χ1v) is 4.90. The van der Waals surface area contributed by atoms with Crippen molar-refractivity contribution in [2.24, 2.45) is 0 Å². The molecular weight excluding hydrogens is 228 g/mol. The third kappa shape index (κ3) is 4.70. The Balaban J connectivity index is 0.00000225. The van der Waals surface area contributed by atoms with Crippen LogP contribution in [0.25, 0.3) is 0 Å². The number of hydrogen-bond acceptors (Lipinski definition) is 4. The maximum absolute atomic E-state index is 5.70. The van der Waals surface area contributed by atoms with Crippen molar-refractivity contribution in [3.63, 3.8) is 0 Å². The predicted octanol–water partition coefficient (Wildman–Crippen LogP) is 1.44. The smallest absolute Gasteiger partial charge is 0.123 e. The summed E-state index contributed by atoms with van der Waals surface area (Å²) in [6.07, 6.45) is 0. The molecule has 0 bridgehead atoms. The summed E-state index contributed by atoms with van der Waals surface area (Å²) in [4.78, 5) is 0. The van der Waals surface area contributed by atoms with Gasteiger partial charge in [-0.05, 0) is 18.2 Å². The van der Waals surface area contributed by atoms with Crippen molar-refractivity contribution in [2.75, 3.05) is 33.1 Å². The molecule has 0 saturated heterocycles. The van der Waals surface area contributed by atoms with E-state index in [1.807, 2.05) is 18.2 Å². The van der Waals surface area contributed by atoms with Gasteiger partial charge in [0.25, 0.3) is 0 Å². The van der Waals surface area contributed by atoms with Gasteiger partial charge in [0.2, 0.25) is 0 Å². The van der Waals surface area contributed by atoms with E-state index in [1.165, 1.54) is 0 Å². The maximum Gasteiger partial charge on any atom is 0.123 e. The highest BCUT2D eigenvalue weighted by Crippen LogP contribution is 2.20. The van der Waals surface area contributed by atoms with Crippen molar-refractivity contribution in [2.45, 2.75) is 6.54 Å². The van der Waals surface area contributed by atoms with Crippen molar-refractivity contribution < 1.29 is 9.47 Å². The molecule has 1 aromatic carbocycles. The quantitative estimate of drug-likeness (QED) is 0.589. The van der Waals surface area contributed by atoms with Crippen LogP contribution in [0.15, 0.2) is 18.2 Å². The largest absolute Gasteiger partial charge is 0.496 e. The predicted molar refractivity (Wildman–Crippen MR) is 68.2 cm³/mol. The van der Waals surface area contributed by atoms with Crippen LogP contribution in [-0.4, -0.2) is 27.4 Å². The van der Waals surface area contributed by atoms with E-state index < -0.39 is 0 Å². The second kappa shape index (κ2) is 8.21. The summed E-state index contributed by atoms with van der Waals surface area (Å²) in [6, 6.07) is 5.62. The molecule has 0 aliphatic carbocycles. The van der Waals surface area contributed by atoms with E-state index in [1.54, 1.807) is 14.2 Å². The summed E-state index contributed by atoms with van der Waals surface area (Å²) in [7, 11) is 3.34. The van der Waals surface area contributed by atoms with E-state index in [0.29, 0.717) is 6.61 Å². The molecule has 1 aromatic rings. The molecule has 0 spiro atoms. The van der Waals surface area contributed by atoms with E-state index in [-0.39, 0.29) is 12.4 Å². The molecule has 0 amide bonds. The van der Waals surface area contributed by atoms with Crippen LogP contribution in [0, 0.1) is 0 Å². The van der Waals surface area contributed by atoms with E-state index in [2.05, 4.69) is 5.32 Å². The Hall–Kier alpha value is -0.970. The van der Waals surface area contributed by atoms with Crippen LogP contribution in [0.3, 0.4) is 0 Å². The number of benzene rings is 1. The van der Waals surface area contributed by atoms with Crippen LogP contribution in [0.1, 0.15) is 5.56 Å². The molecule has 0 heterocycles. The Morgan fingerprint density at radius 2 is 2.06 bits per heavy atom. The van der Waals surface area contributed by atoms with Crippen molar-refractivity contribution in [3.8, 4) is 5.75 Å². The number of ether oxygens (including phenoxy) is 2. The highest BCUT2D eigenvalue weighted by molar-refractivity contribution is 5.85. The van der Waals surface area contributed by atoms with Crippen LogP contribution in [0.5, 0.6) is 5.75 Å². The Morgan fingerprint density at radius 1 is 1.31 bits per heavy atom. The monoisotopic (exact) mass is 246 g/mol. The molecule has 0 fully saturated rings. The Kier molecular flexibility index (Phi) is 7.72. The summed E-state index contributed by atoms with van der Waals surface area (Å²) < 4.78 is 10.2. The molecule has 4 nitrogen and oxygen atoms in total. The fourth-order valence-corrected chi connectivity index (χ4v) is 1.33. The first kappa shape index (κ1) is 15.0. The van der Waals surface area contributed by atoms with Gasteiger partial charge in [0.1, 0.15) is 5.75 Å². The number of anilines is 1. The van der Waals surface area contributed by atoms with E-state index in [0.717, 1.165) is 30.1 Å². The molecule has 92 valence electrons. The van der Waals surface area contributed by atoms with Gasteiger partial charge in [-0.25, -0.2) is 0 Å². The standard InChI is InChI=1S/C11H18N2O2.ClH/c1-14-6-5-13-8-9-7-10(12)3-4-11(9)15-2;/h3-4,7,13H,5-6,8,12H2,1-2H3;1H. The molecule has 0 unspecified atom stereocenters. The molecule has 0 aliphatic rings. The van der Waals surface area contributed by atoms with Crippen molar-refractivity contribution >= 4 is 18.1 Å². The van der Waals surface area contributed by atoms with Gasteiger partial charge in [0.15, 0.2) is 0 Å². The molecule has 1 rings (SSSR count). The average Bonchev–Trinajstić information content (AvgIpc) is 2.25. The summed E-state index contributed by atoms with van der Waals surface area (Å²) in [5.74, 6) is 0.856. The first-order valence-electron chi connectivity index (χ1n) is 4.90. The topological polar surface area (TPSA) is 56.5 Å². The summed E-state index contributed by atoms with van der Waals surface area (Å²) in [5.41, 5.74) is 7.52. The molecule has 16 heavy (non-hydrogen) atoms. The lowest BCUT2D eigenvalue weighted by molar-refractivity contribution is 0.199. The number of nitrogens with two attached hydrogens (primary N) is 1. The van der Waals surface area contributed by atoms with Gasteiger partial charge in [0.05, 0.1) is 13.7 Å². The molecule has 3 N–H and O–H groups in total. The van der Waals surface area contributed by atoms with Crippen LogP contribution in [-0.2, 0) is 11.3 Å². The van der Waals surface area contributed by atoms with Crippen molar-refractivity contribution in [1.29, 1.82) is 0 Å². The number of nitrogens with one attached hydrogen (secondary N) is 1. The van der Waals surface area contributed by atoms with Crippen LogP contribution < -0.4 is 15.8 Å². The number of methoxy groups -OCH3 is 2. The van der Waals surface area contributed by atoms with Crippen LogP contribution in [0.4, 0.5) is 5.69 Å². The zero-order valence-electron chi connectivity index (χ0n) is 9.66. The minimum absolute atomic E-state index is 0. The van der Waals surface area contributed by atoms with Crippen LogP contribution in [0.2, 0.25) is 0 Å². The first-order chi connectivity index (χ1) is 7.27. The maximum atomic E-state index is 5.70. The average molecular weight is 247 g/mol. The van der Waals surface area contributed by atoms with Gasteiger partial charge in [-0.2, -0.15) is 0 Å². The molecule has 0 saturated carbocycles. The Bertz CT molecular complexity index is 308. The summed E-state index contributed by atoms with van der Waals surface area (Å²) in [6.45, 7) is 2.25. The van der Waals surface area contributed by atoms with Gasteiger partial charge >= 0.3 is 0 Å². The third-order valence-electron chi connectivity index (χ3n) is 2.10. The second-order valence-electron chi connectivity index (χ2n) is 3.24. The number of hydrogen-bond donors (Lipinski definition) is 2. The highest BCUT2D eigenvalue weighted by atomic mass is 35.5. The summed E-state index contributed by atoms with van der Waals surface area (Å²) >= 11 is 0. The lowest BCUT2D eigenvalue weighted by Crippen LogP contribution is -2.19. The number of nitrogen functional groups attached to an aromatic ring is 1.